The minimum atomic E-state index is -0.127. The van der Waals surface area contributed by atoms with Gasteiger partial charge in [-0.25, -0.2) is 0 Å². The minimum Gasteiger partial charge on any atom is -0.484 e. The molecule has 1 amide bonds. The molecule has 0 unspecified atom stereocenters. The molecular formula is C18H18N4O2S. The van der Waals surface area contributed by atoms with Crippen LogP contribution in [0.4, 0.5) is 5.82 Å². The van der Waals surface area contributed by atoms with Crippen LogP contribution >= 0.6 is 11.3 Å². The normalized spacial score (nSPS) is 12.8. The lowest BCUT2D eigenvalue weighted by Crippen LogP contribution is -2.34. The van der Waals surface area contributed by atoms with Crippen LogP contribution in [-0.4, -0.2) is 27.7 Å². The number of thiazole rings is 1. The number of benzene rings is 1. The molecule has 1 aliphatic rings. The molecule has 6 nitrogen and oxygen atoms in total. The van der Waals surface area contributed by atoms with Gasteiger partial charge in [0.05, 0.1) is 18.3 Å². The SMILES string of the molecule is O=C(COc1ccc2c(c1)CCC2)N(Cc1cncs1)c1ccn[nH]1. The van der Waals surface area contributed by atoms with E-state index in [4.69, 9.17) is 4.74 Å². The number of nitrogens with one attached hydrogen (secondary N) is 1. The molecule has 128 valence electrons. The maximum Gasteiger partial charge on any atom is 0.266 e. The van der Waals surface area contributed by atoms with Crippen LogP contribution < -0.4 is 9.64 Å². The van der Waals surface area contributed by atoms with Gasteiger partial charge in [0.15, 0.2) is 6.61 Å². The number of nitrogens with zero attached hydrogens (tertiary/aromatic N) is 3. The van der Waals surface area contributed by atoms with Crippen LogP contribution in [0.15, 0.2) is 42.2 Å². The lowest BCUT2D eigenvalue weighted by Gasteiger charge is -2.20. The molecule has 2 heterocycles. The van der Waals surface area contributed by atoms with Gasteiger partial charge in [0.2, 0.25) is 0 Å². The van der Waals surface area contributed by atoms with Crippen LogP contribution in [0.3, 0.4) is 0 Å². The molecule has 1 N–H and O–H groups in total. The zero-order valence-electron chi connectivity index (χ0n) is 13.6. The van der Waals surface area contributed by atoms with Gasteiger partial charge in [0.1, 0.15) is 11.6 Å². The highest BCUT2D eigenvalue weighted by molar-refractivity contribution is 7.09. The summed E-state index contributed by atoms with van der Waals surface area (Å²) in [6.07, 6.45) is 6.82. The first-order chi connectivity index (χ1) is 12.3. The molecule has 3 aromatic rings. The van der Waals surface area contributed by atoms with Gasteiger partial charge in [-0.1, -0.05) is 6.07 Å². The van der Waals surface area contributed by atoms with Crippen molar-refractivity contribution in [2.75, 3.05) is 11.5 Å². The highest BCUT2D eigenvalue weighted by Gasteiger charge is 2.19. The van der Waals surface area contributed by atoms with Gasteiger partial charge in [-0.15, -0.1) is 11.3 Å². The fourth-order valence-corrected chi connectivity index (χ4v) is 3.63. The van der Waals surface area contributed by atoms with Crippen LogP contribution in [0, 0.1) is 0 Å². The lowest BCUT2D eigenvalue weighted by molar-refractivity contribution is -0.120. The molecule has 25 heavy (non-hydrogen) atoms. The number of rotatable bonds is 6. The van der Waals surface area contributed by atoms with Crippen molar-refractivity contribution >= 4 is 23.1 Å². The first-order valence-electron chi connectivity index (χ1n) is 8.21. The second-order valence-corrected chi connectivity index (χ2v) is 6.93. The van der Waals surface area contributed by atoms with E-state index in [1.54, 1.807) is 28.9 Å². The smallest absolute Gasteiger partial charge is 0.266 e. The third-order valence-electron chi connectivity index (χ3n) is 4.31. The highest BCUT2D eigenvalue weighted by atomic mass is 32.1. The van der Waals surface area contributed by atoms with Crippen molar-refractivity contribution in [3.63, 3.8) is 0 Å². The highest BCUT2D eigenvalue weighted by Crippen LogP contribution is 2.26. The van der Waals surface area contributed by atoms with E-state index in [2.05, 4.69) is 27.3 Å². The van der Waals surface area contributed by atoms with Gasteiger partial charge in [0.25, 0.3) is 5.91 Å². The largest absolute Gasteiger partial charge is 0.484 e. The Kier molecular flexibility index (Phi) is 4.47. The third kappa shape index (κ3) is 3.56. The van der Waals surface area contributed by atoms with Crippen LogP contribution in [0.25, 0.3) is 0 Å². The Labute approximate surface area is 149 Å². The molecule has 0 bridgehead atoms. The number of amides is 1. The molecule has 0 atom stereocenters. The summed E-state index contributed by atoms with van der Waals surface area (Å²) in [7, 11) is 0. The topological polar surface area (TPSA) is 71.1 Å². The molecule has 2 aromatic heterocycles. The van der Waals surface area contributed by atoms with Crippen molar-refractivity contribution in [1.82, 2.24) is 15.2 Å². The number of H-pyrrole nitrogens is 1. The van der Waals surface area contributed by atoms with Crippen LogP contribution in [0.1, 0.15) is 22.4 Å². The summed E-state index contributed by atoms with van der Waals surface area (Å²) in [4.78, 5) is 19.4. The summed E-state index contributed by atoms with van der Waals surface area (Å²) >= 11 is 1.51. The molecule has 0 spiro atoms. The van der Waals surface area contributed by atoms with E-state index in [9.17, 15) is 4.79 Å². The standard InChI is InChI=1S/C18H18N4O2S/c23-18(11-24-15-5-4-13-2-1-3-14(13)8-15)22(17-6-7-20-21-17)10-16-9-19-12-25-16/h4-9,12H,1-3,10-11H2,(H,20,21). The van der Waals surface area contributed by atoms with E-state index >= 15 is 0 Å². The summed E-state index contributed by atoms with van der Waals surface area (Å²) in [5, 5.41) is 6.79. The van der Waals surface area contributed by atoms with Crippen LogP contribution in [-0.2, 0) is 24.2 Å². The van der Waals surface area contributed by atoms with E-state index in [1.807, 2.05) is 6.07 Å². The first-order valence-corrected chi connectivity index (χ1v) is 9.09. The Morgan fingerprint density at radius 2 is 2.20 bits per heavy atom. The van der Waals surface area contributed by atoms with Crippen molar-refractivity contribution in [3.8, 4) is 5.75 Å². The van der Waals surface area contributed by atoms with Gasteiger partial charge < -0.3 is 4.74 Å². The summed E-state index contributed by atoms with van der Waals surface area (Å²) in [6, 6.07) is 7.88. The number of carbonyl (C=O) groups is 1. The monoisotopic (exact) mass is 354 g/mol. The molecule has 0 radical (unpaired) electrons. The van der Waals surface area contributed by atoms with Crippen molar-refractivity contribution in [2.24, 2.45) is 0 Å². The fourth-order valence-electron chi connectivity index (χ4n) is 3.04. The third-order valence-corrected chi connectivity index (χ3v) is 5.07. The molecule has 0 fully saturated rings. The predicted octanol–water partition coefficient (Wildman–Crippen LogP) is 2.97. The average molecular weight is 354 g/mol. The second-order valence-electron chi connectivity index (χ2n) is 5.96. The Hall–Kier alpha value is -2.67. The fraction of sp³-hybridized carbons (Fsp3) is 0.278. The van der Waals surface area contributed by atoms with E-state index in [1.165, 1.54) is 28.9 Å². The van der Waals surface area contributed by atoms with Crippen molar-refractivity contribution < 1.29 is 9.53 Å². The molecule has 7 heteroatoms. The van der Waals surface area contributed by atoms with Crippen molar-refractivity contribution in [3.05, 3.63) is 58.2 Å². The minimum absolute atomic E-state index is 0.0173. The molecule has 1 aliphatic carbocycles. The summed E-state index contributed by atoms with van der Waals surface area (Å²) < 4.78 is 5.75. The number of carbonyl (C=O) groups excluding carboxylic acids is 1. The molecule has 0 saturated carbocycles. The number of aryl methyl sites for hydroxylation is 2. The number of fused-ring (bicyclic) bond motifs is 1. The molecule has 1 aromatic carbocycles. The van der Waals surface area contributed by atoms with Gasteiger partial charge in [-0.3, -0.25) is 19.8 Å². The predicted molar refractivity (Wildman–Crippen MR) is 95.9 cm³/mol. The maximum absolute atomic E-state index is 12.7. The van der Waals surface area contributed by atoms with E-state index in [0.29, 0.717) is 12.4 Å². The summed E-state index contributed by atoms with van der Waals surface area (Å²) in [6.45, 7) is 0.426. The Bertz CT molecular complexity index is 846. The van der Waals surface area contributed by atoms with Gasteiger partial charge >= 0.3 is 0 Å². The van der Waals surface area contributed by atoms with Gasteiger partial charge in [-0.05, 0) is 42.5 Å². The number of hydrogen-bond acceptors (Lipinski definition) is 5. The van der Waals surface area contributed by atoms with E-state index < -0.39 is 0 Å². The zero-order valence-corrected chi connectivity index (χ0v) is 14.5. The maximum atomic E-state index is 12.7. The van der Waals surface area contributed by atoms with E-state index in [-0.39, 0.29) is 12.5 Å². The summed E-state index contributed by atoms with van der Waals surface area (Å²) in [5.41, 5.74) is 4.48. The Balaban J connectivity index is 1.45. The Morgan fingerprint density at radius 1 is 1.28 bits per heavy atom. The summed E-state index contributed by atoms with van der Waals surface area (Å²) in [5.74, 6) is 1.27. The van der Waals surface area contributed by atoms with Crippen molar-refractivity contribution in [1.29, 1.82) is 0 Å². The molecule has 0 saturated heterocycles. The molecule has 0 aliphatic heterocycles. The number of aromatic nitrogens is 3. The van der Waals surface area contributed by atoms with Gasteiger partial charge in [-0.2, -0.15) is 5.10 Å². The molecule has 4 rings (SSSR count). The average Bonchev–Trinajstić information content (AvgIpc) is 3.39. The number of aromatic amines is 1. The van der Waals surface area contributed by atoms with Gasteiger partial charge in [0, 0.05) is 17.1 Å². The van der Waals surface area contributed by atoms with Crippen LogP contribution in [0.5, 0.6) is 5.75 Å². The van der Waals surface area contributed by atoms with Crippen molar-refractivity contribution in [2.45, 2.75) is 25.8 Å². The zero-order chi connectivity index (χ0) is 17.1. The van der Waals surface area contributed by atoms with Crippen LogP contribution in [0.2, 0.25) is 0 Å². The molecular weight excluding hydrogens is 336 g/mol. The first kappa shape index (κ1) is 15.8. The number of ether oxygens (including phenoxy) is 1. The lowest BCUT2D eigenvalue weighted by atomic mass is 10.1. The second kappa shape index (κ2) is 7.06. The quantitative estimate of drug-likeness (QED) is 0.739. The number of hydrogen-bond donors (Lipinski definition) is 1. The van der Waals surface area contributed by atoms with E-state index in [0.717, 1.165) is 23.5 Å². The Morgan fingerprint density at radius 3 is 3.00 bits per heavy atom. The number of anilines is 1.